The van der Waals surface area contributed by atoms with Crippen molar-refractivity contribution in [1.29, 1.82) is 0 Å². The Labute approximate surface area is 245 Å². The number of rotatable bonds is 7. The number of amides is 2. The predicted molar refractivity (Wildman–Crippen MR) is 157 cm³/mol. The Morgan fingerprint density at radius 2 is 1.85 bits per heavy atom. The van der Waals surface area contributed by atoms with Gasteiger partial charge < -0.3 is 25.6 Å². The Hall–Kier alpha value is -2.74. The lowest BCUT2D eigenvalue weighted by Gasteiger charge is -2.44. The van der Waals surface area contributed by atoms with Gasteiger partial charge in [0, 0.05) is 47.5 Å². The van der Waals surface area contributed by atoms with Gasteiger partial charge in [0.1, 0.15) is 11.1 Å². The Bertz CT molecular complexity index is 1350. The average molecular weight is 587 g/mol. The van der Waals surface area contributed by atoms with E-state index < -0.39 is 12.0 Å². The lowest BCUT2D eigenvalue weighted by Crippen LogP contribution is -2.56. The first kappa shape index (κ1) is 28.8. The number of piperidine rings is 1. The molecule has 0 bridgehead atoms. The van der Waals surface area contributed by atoms with Crippen molar-refractivity contribution >= 4 is 40.2 Å². The van der Waals surface area contributed by atoms with Crippen LogP contribution in [0.2, 0.25) is 10.0 Å². The number of hydrogen-bond acceptors (Lipinski definition) is 3. The zero-order valence-corrected chi connectivity index (χ0v) is 24.6. The molecule has 7 nitrogen and oxygen atoms in total. The van der Waals surface area contributed by atoms with Crippen molar-refractivity contribution in [3.63, 3.8) is 0 Å². The summed E-state index contributed by atoms with van der Waals surface area (Å²) >= 11 is 11.3. The number of carboxylic acid groups (broad SMARTS) is 1. The first-order valence-electron chi connectivity index (χ1n) is 14.3. The highest BCUT2D eigenvalue weighted by atomic mass is 35.5. The largest absolute Gasteiger partial charge is 0.480 e. The standard InChI is InChI=1S/C31H38Cl2N4O3/c1-18(2)28-15-20(13-14-37(28)31(40)36-22-11-12-25(32)26(33)16-22)29(30(38)39)35-21-9-7-19(8-10-21)24-17-34-27-6-4-3-5-23(24)27/h3-6,11-12,16-21,28-29,32,34-35H,7-10,13-15H2,1-2H3,(H-,36,38,39,40)/p+1/t19?,20?,21?,28?,29-/m1/s1. The van der Waals surface area contributed by atoms with Gasteiger partial charge in [0.25, 0.3) is 0 Å². The fraction of sp³-hybridized carbons (Fsp3) is 0.484. The Kier molecular flexibility index (Phi) is 8.93. The Morgan fingerprint density at radius 3 is 2.55 bits per heavy atom. The minimum absolute atomic E-state index is 0.0470. The molecule has 0 spiro atoms. The molecule has 2 fully saturated rings. The molecule has 1 saturated heterocycles. The van der Waals surface area contributed by atoms with Crippen molar-refractivity contribution in [2.75, 3.05) is 11.9 Å². The maximum absolute atomic E-state index is 13.2. The van der Waals surface area contributed by atoms with Crippen molar-refractivity contribution in [3.05, 3.63) is 64.3 Å². The number of urea groups is 1. The van der Waals surface area contributed by atoms with Crippen molar-refractivity contribution in [3.8, 4) is 0 Å². The van der Waals surface area contributed by atoms with Crippen LogP contribution in [0.1, 0.15) is 63.9 Å². The van der Waals surface area contributed by atoms with Gasteiger partial charge in [-0.15, -0.1) is 0 Å². The van der Waals surface area contributed by atoms with Crippen molar-refractivity contribution in [2.24, 2.45) is 11.8 Å². The second-order valence-electron chi connectivity index (χ2n) is 11.7. The van der Waals surface area contributed by atoms with Crippen LogP contribution >= 0.6 is 11.6 Å². The Morgan fingerprint density at radius 1 is 1.10 bits per heavy atom. The van der Waals surface area contributed by atoms with Crippen LogP contribution in [0.4, 0.5) is 10.5 Å². The number of benzene rings is 2. The summed E-state index contributed by atoms with van der Waals surface area (Å²) in [6.45, 7) is 4.68. The quantitative estimate of drug-likeness (QED) is 0.252. The van der Waals surface area contributed by atoms with Crippen LogP contribution in [-0.2, 0) is 4.79 Å². The molecule has 1 aromatic heterocycles. The van der Waals surface area contributed by atoms with Gasteiger partial charge in [-0.1, -0.05) is 43.6 Å². The number of fused-ring (bicyclic) bond motifs is 1. The zero-order chi connectivity index (χ0) is 28.4. The van der Waals surface area contributed by atoms with E-state index in [1.165, 1.54) is 16.5 Å². The molecule has 2 aliphatic rings. The fourth-order valence-corrected chi connectivity index (χ4v) is 6.96. The first-order valence-corrected chi connectivity index (χ1v) is 15.1. The van der Waals surface area contributed by atoms with Crippen LogP contribution in [0.25, 0.3) is 10.9 Å². The van der Waals surface area contributed by atoms with E-state index in [4.69, 9.17) is 23.2 Å². The topological polar surface area (TPSA) is 97.5 Å². The molecule has 40 heavy (non-hydrogen) atoms. The van der Waals surface area contributed by atoms with E-state index in [1.807, 2.05) is 11.0 Å². The van der Waals surface area contributed by atoms with E-state index in [2.05, 4.69) is 53.9 Å². The highest BCUT2D eigenvalue weighted by molar-refractivity contribution is 6.31. The molecule has 2 aromatic carbocycles. The van der Waals surface area contributed by atoms with Gasteiger partial charge in [-0.3, -0.25) is 4.79 Å². The minimum Gasteiger partial charge on any atom is -0.480 e. The SMILES string of the molecule is CC(C)C1CC([C@@H](NC2CCC(c3c[nH]c4ccccc34)CC2)C(=O)O)CCN1C(=O)Nc1ccc([ClH+])c(Cl)c1. The molecule has 1 saturated carbocycles. The lowest BCUT2D eigenvalue weighted by molar-refractivity contribution is -0.288. The van der Waals surface area contributed by atoms with Crippen molar-refractivity contribution in [2.45, 2.75) is 76.4 Å². The molecule has 4 N–H and O–H groups in total. The number of halogens is 2. The molecule has 2 unspecified atom stereocenters. The number of H-pyrrole nitrogens is 1. The maximum atomic E-state index is 13.2. The van der Waals surface area contributed by atoms with Crippen LogP contribution in [0.15, 0.2) is 48.7 Å². The number of aromatic amines is 1. The summed E-state index contributed by atoms with van der Waals surface area (Å²) in [6.07, 6.45) is 7.40. The number of nitrogens with zero attached hydrogens (tertiary/aromatic N) is 1. The second-order valence-corrected chi connectivity index (χ2v) is 12.5. The average Bonchev–Trinajstić information content (AvgIpc) is 3.38. The van der Waals surface area contributed by atoms with Crippen LogP contribution in [0, 0.1) is 23.4 Å². The van der Waals surface area contributed by atoms with Gasteiger partial charge >= 0.3 is 12.0 Å². The van der Waals surface area contributed by atoms with Gasteiger partial charge in [-0.25, -0.2) is 4.79 Å². The monoisotopic (exact) mass is 585 g/mol. The number of carbonyl (C=O) groups is 2. The molecule has 9 heteroatoms. The second kappa shape index (κ2) is 12.4. The van der Waals surface area contributed by atoms with Gasteiger partial charge in [0.15, 0.2) is 11.6 Å². The number of carbonyl (C=O) groups excluding carboxylic acids is 1. The third-order valence-corrected chi connectivity index (χ3v) is 9.62. The number of nitrogens with one attached hydrogen (secondary N) is 3. The minimum atomic E-state index is -0.803. The van der Waals surface area contributed by atoms with E-state index >= 15 is 0 Å². The highest BCUT2D eigenvalue weighted by Crippen LogP contribution is 2.38. The smallest absolute Gasteiger partial charge is 0.322 e. The van der Waals surface area contributed by atoms with E-state index in [-0.39, 0.29) is 30.0 Å². The number of para-hydroxylation sites is 1. The van der Waals surface area contributed by atoms with Crippen LogP contribution < -0.4 is 10.6 Å². The molecular formula is C31H39Cl2N4O3+. The zero-order valence-electron chi connectivity index (χ0n) is 23.0. The summed E-state index contributed by atoms with van der Waals surface area (Å²) in [6, 6.07) is 12.8. The molecule has 5 rings (SSSR count). The van der Waals surface area contributed by atoms with Crippen LogP contribution in [-0.4, -0.2) is 51.7 Å². The number of carboxylic acids is 1. The summed E-state index contributed by atoms with van der Waals surface area (Å²) in [7, 11) is 0. The van der Waals surface area contributed by atoms with Crippen LogP contribution in [0.3, 0.4) is 0 Å². The summed E-state index contributed by atoms with van der Waals surface area (Å²) in [5.74, 6) is -0.174. The number of anilines is 1. The fourth-order valence-electron chi connectivity index (χ4n) is 6.65. The summed E-state index contributed by atoms with van der Waals surface area (Å²) in [4.78, 5) is 31.0. The number of likely N-dealkylation sites (tertiary alicyclic amines) is 1. The molecule has 3 aromatic rings. The van der Waals surface area contributed by atoms with Gasteiger partial charge in [0.2, 0.25) is 5.02 Å². The Balaban J connectivity index is 1.20. The molecular weight excluding hydrogens is 547 g/mol. The van der Waals surface area contributed by atoms with Crippen LogP contribution in [0.5, 0.6) is 0 Å². The molecule has 2 heterocycles. The first-order chi connectivity index (χ1) is 19.2. The van der Waals surface area contributed by atoms with E-state index in [1.54, 1.807) is 18.2 Å². The molecule has 1 aliphatic heterocycles. The molecule has 3 atom stereocenters. The molecule has 2 amide bonds. The third-order valence-electron chi connectivity index (χ3n) is 8.84. The van der Waals surface area contributed by atoms with E-state index in [0.29, 0.717) is 41.0 Å². The summed E-state index contributed by atoms with van der Waals surface area (Å²) < 4.78 is 0. The van der Waals surface area contributed by atoms with E-state index in [9.17, 15) is 14.7 Å². The normalized spacial score (nSPS) is 24.3. The number of aromatic nitrogens is 1. The number of aliphatic carboxylic acids is 1. The third kappa shape index (κ3) is 6.27. The highest BCUT2D eigenvalue weighted by Gasteiger charge is 2.40. The number of hydrogen-bond donors (Lipinski definition) is 4. The van der Waals surface area contributed by atoms with Crippen molar-refractivity contribution < 1.29 is 26.3 Å². The molecule has 1 aliphatic carbocycles. The molecule has 214 valence electrons. The maximum Gasteiger partial charge on any atom is 0.322 e. The van der Waals surface area contributed by atoms with Gasteiger partial charge in [-0.05, 0) is 80.0 Å². The van der Waals surface area contributed by atoms with Crippen molar-refractivity contribution in [1.82, 2.24) is 15.2 Å². The predicted octanol–water partition coefficient (Wildman–Crippen LogP) is 6.56. The van der Waals surface area contributed by atoms with E-state index in [0.717, 1.165) is 25.7 Å². The lowest BCUT2D eigenvalue weighted by atomic mass is 9.79. The van der Waals surface area contributed by atoms with Gasteiger partial charge in [-0.2, -0.15) is 0 Å². The summed E-state index contributed by atoms with van der Waals surface area (Å²) in [5.41, 5.74) is 3.14. The molecule has 0 radical (unpaired) electrons. The summed E-state index contributed by atoms with van der Waals surface area (Å²) in [5, 5.41) is 19.0. The van der Waals surface area contributed by atoms with Gasteiger partial charge in [0.05, 0.1) is 0 Å².